The van der Waals surface area contributed by atoms with Gasteiger partial charge in [0, 0.05) is 24.2 Å². The summed E-state index contributed by atoms with van der Waals surface area (Å²) < 4.78 is 5.73. The molecular formula is C24H29N3O3. The Hall–Kier alpha value is -3.02. The van der Waals surface area contributed by atoms with Crippen LogP contribution >= 0.6 is 0 Å². The van der Waals surface area contributed by atoms with Gasteiger partial charge < -0.3 is 19.9 Å². The van der Waals surface area contributed by atoms with Gasteiger partial charge in [-0.15, -0.1) is 0 Å². The molecule has 158 valence electrons. The Morgan fingerprint density at radius 2 is 1.63 bits per heavy atom. The zero-order chi connectivity index (χ0) is 21.3. The summed E-state index contributed by atoms with van der Waals surface area (Å²) in [7, 11) is 0. The zero-order valence-electron chi connectivity index (χ0n) is 17.9. The lowest BCUT2D eigenvalue weighted by atomic mass is 9.94. The largest absolute Gasteiger partial charge is 0.490 e. The molecule has 6 heteroatoms. The van der Waals surface area contributed by atoms with Crippen LogP contribution < -0.4 is 15.0 Å². The number of ether oxygens (including phenoxy) is 1. The molecule has 30 heavy (non-hydrogen) atoms. The highest BCUT2D eigenvalue weighted by Gasteiger charge is 2.32. The van der Waals surface area contributed by atoms with Gasteiger partial charge >= 0.3 is 6.03 Å². The molecule has 2 aromatic rings. The fourth-order valence-electron chi connectivity index (χ4n) is 3.98. The van der Waals surface area contributed by atoms with Gasteiger partial charge in [-0.05, 0) is 42.2 Å². The third kappa shape index (κ3) is 4.13. The number of anilines is 2. The summed E-state index contributed by atoms with van der Waals surface area (Å²) in [6.07, 6.45) is 1.71. The highest BCUT2D eigenvalue weighted by molar-refractivity contribution is 6.00. The lowest BCUT2D eigenvalue weighted by molar-refractivity contribution is -0.126. The van der Waals surface area contributed by atoms with Gasteiger partial charge in [0.1, 0.15) is 12.4 Å². The second-order valence-electron chi connectivity index (χ2n) is 8.92. The van der Waals surface area contributed by atoms with Crippen molar-refractivity contribution in [3.63, 3.8) is 0 Å². The van der Waals surface area contributed by atoms with E-state index < -0.39 is 5.41 Å². The van der Waals surface area contributed by atoms with Gasteiger partial charge in [0.2, 0.25) is 5.91 Å². The molecule has 2 aliphatic rings. The minimum atomic E-state index is -0.491. The van der Waals surface area contributed by atoms with Crippen LogP contribution in [0.1, 0.15) is 31.9 Å². The molecule has 0 aliphatic carbocycles. The lowest BCUT2D eigenvalue weighted by Crippen LogP contribution is -2.44. The van der Waals surface area contributed by atoms with Crippen LogP contribution in [-0.4, -0.2) is 43.1 Å². The van der Waals surface area contributed by atoms with E-state index in [9.17, 15) is 9.59 Å². The first-order chi connectivity index (χ1) is 14.3. The van der Waals surface area contributed by atoms with Crippen LogP contribution in [0.2, 0.25) is 0 Å². The molecule has 0 saturated carbocycles. The normalized spacial score (nSPS) is 16.1. The maximum Gasteiger partial charge on any atom is 0.321 e. The maximum absolute atomic E-state index is 12.9. The van der Waals surface area contributed by atoms with Crippen molar-refractivity contribution in [2.75, 3.05) is 36.5 Å². The van der Waals surface area contributed by atoms with Gasteiger partial charge in [-0.1, -0.05) is 45.0 Å². The maximum atomic E-state index is 12.9. The summed E-state index contributed by atoms with van der Waals surface area (Å²) in [5.41, 5.74) is 3.51. The van der Waals surface area contributed by atoms with Crippen LogP contribution in [0.15, 0.2) is 42.5 Å². The molecule has 1 N–H and O–H groups in total. The monoisotopic (exact) mass is 407 g/mol. The highest BCUT2D eigenvalue weighted by atomic mass is 16.5. The van der Waals surface area contributed by atoms with Crippen molar-refractivity contribution in [2.24, 2.45) is 5.41 Å². The predicted octanol–water partition coefficient (Wildman–Crippen LogP) is 4.09. The Morgan fingerprint density at radius 1 is 0.967 bits per heavy atom. The number of hydrogen-bond donors (Lipinski definition) is 1. The minimum absolute atomic E-state index is 0.0424. The topological polar surface area (TPSA) is 61.9 Å². The number of amides is 3. The van der Waals surface area contributed by atoms with E-state index in [-0.39, 0.29) is 11.9 Å². The number of urea groups is 1. The number of benzene rings is 2. The number of nitrogens with zero attached hydrogens (tertiary/aromatic N) is 2. The SMILES string of the molecule is CC(C)(C)C(=O)N1CCOc2ccc(NC(=O)N3CCc4ccccc4CC3)cc21. The van der Waals surface area contributed by atoms with Gasteiger partial charge in [0.15, 0.2) is 0 Å². The molecule has 2 aromatic carbocycles. The second-order valence-corrected chi connectivity index (χ2v) is 8.92. The first kappa shape index (κ1) is 20.3. The van der Waals surface area contributed by atoms with Gasteiger partial charge in [-0.2, -0.15) is 0 Å². The summed E-state index contributed by atoms with van der Waals surface area (Å²) in [5, 5.41) is 3.01. The molecule has 6 nitrogen and oxygen atoms in total. The van der Waals surface area contributed by atoms with Crippen LogP contribution in [0, 0.1) is 5.41 Å². The third-order valence-corrected chi connectivity index (χ3v) is 5.67. The van der Waals surface area contributed by atoms with Crippen molar-refractivity contribution < 1.29 is 14.3 Å². The van der Waals surface area contributed by atoms with E-state index in [1.165, 1.54) is 11.1 Å². The lowest BCUT2D eigenvalue weighted by Gasteiger charge is -2.34. The molecule has 0 aromatic heterocycles. The van der Waals surface area contributed by atoms with Crippen molar-refractivity contribution in [1.29, 1.82) is 0 Å². The molecule has 2 aliphatic heterocycles. The van der Waals surface area contributed by atoms with Gasteiger partial charge in [-0.3, -0.25) is 4.79 Å². The Kier molecular flexibility index (Phi) is 5.41. The Balaban J connectivity index is 1.49. The summed E-state index contributed by atoms with van der Waals surface area (Å²) in [6, 6.07) is 13.8. The number of hydrogen-bond acceptors (Lipinski definition) is 3. The van der Waals surface area contributed by atoms with E-state index in [4.69, 9.17) is 4.74 Å². The molecule has 0 atom stereocenters. The van der Waals surface area contributed by atoms with E-state index in [1.54, 1.807) is 4.90 Å². The first-order valence-electron chi connectivity index (χ1n) is 10.5. The van der Waals surface area contributed by atoms with Crippen molar-refractivity contribution in [3.05, 3.63) is 53.6 Å². The highest BCUT2D eigenvalue weighted by Crippen LogP contribution is 2.36. The average Bonchev–Trinajstić information content (AvgIpc) is 2.95. The third-order valence-electron chi connectivity index (χ3n) is 5.67. The zero-order valence-corrected chi connectivity index (χ0v) is 17.9. The molecule has 0 unspecified atom stereocenters. The van der Waals surface area contributed by atoms with Gasteiger partial charge in [0.05, 0.1) is 12.2 Å². The number of nitrogens with one attached hydrogen (secondary N) is 1. The van der Waals surface area contributed by atoms with E-state index in [2.05, 4.69) is 17.4 Å². The van der Waals surface area contributed by atoms with Crippen molar-refractivity contribution in [1.82, 2.24) is 4.90 Å². The molecule has 0 radical (unpaired) electrons. The van der Waals surface area contributed by atoms with E-state index in [0.717, 1.165) is 12.8 Å². The van der Waals surface area contributed by atoms with E-state index in [0.29, 0.717) is 43.4 Å². The van der Waals surface area contributed by atoms with Crippen LogP contribution in [0.3, 0.4) is 0 Å². The fraction of sp³-hybridized carbons (Fsp3) is 0.417. The van der Waals surface area contributed by atoms with Crippen LogP contribution in [0.4, 0.5) is 16.2 Å². The standard InChI is InChI=1S/C24H29N3O3/c1-24(2,3)22(28)27-14-15-30-21-9-8-19(16-20(21)27)25-23(29)26-12-10-17-6-4-5-7-18(17)11-13-26/h4-9,16H,10-15H2,1-3H3,(H,25,29). The van der Waals surface area contributed by atoms with Crippen LogP contribution in [0.25, 0.3) is 0 Å². The molecule has 0 spiro atoms. The Labute approximate surface area is 177 Å². The first-order valence-corrected chi connectivity index (χ1v) is 10.5. The molecule has 4 rings (SSSR count). The van der Waals surface area contributed by atoms with Crippen molar-refractivity contribution >= 4 is 23.3 Å². The predicted molar refractivity (Wildman–Crippen MR) is 118 cm³/mol. The number of rotatable bonds is 1. The van der Waals surface area contributed by atoms with Crippen LogP contribution in [0.5, 0.6) is 5.75 Å². The molecule has 0 bridgehead atoms. The molecule has 3 amide bonds. The molecule has 2 heterocycles. The summed E-state index contributed by atoms with van der Waals surface area (Å²) in [6.45, 7) is 8.07. The average molecular weight is 408 g/mol. The summed E-state index contributed by atoms with van der Waals surface area (Å²) >= 11 is 0. The number of carbonyl (C=O) groups is 2. The summed E-state index contributed by atoms with van der Waals surface area (Å²) in [4.78, 5) is 29.4. The molecule has 0 saturated heterocycles. The number of fused-ring (bicyclic) bond motifs is 2. The minimum Gasteiger partial charge on any atom is -0.490 e. The second kappa shape index (κ2) is 8.01. The van der Waals surface area contributed by atoms with Crippen LogP contribution in [-0.2, 0) is 17.6 Å². The fourth-order valence-corrected chi connectivity index (χ4v) is 3.98. The van der Waals surface area contributed by atoms with Gasteiger partial charge in [0.25, 0.3) is 0 Å². The van der Waals surface area contributed by atoms with E-state index in [1.807, 2.05) is 56.0 Å². The van der Waals surface area contributed by atoms with Crippen molar-refractivity contribution in [2.45, 2.75) is 33.6 Å². The van der Waals surface area contributed by atoms with Crippen molar-refractivity contribution in [3.8, 4) is 5.75 Å². The Bertz CT molecular complexity index is 937. The van der Waals surface area contributed by atoms with Gasteiger partial charge in [-0.25, -0.2) is 4.79 Å². The molecular weight excluding hydrogens is 378 g/mol. The number of carbonyl (C=O) groups excluding carboxylic acids is 2. The van der Waals surface area contributed by atoms with E-state index >= 15 is 0 Å². The molecule has 0 fully saturated rings. The Morgan fingerprint density at radius 3 is 2.27 bits per heavy atom. The smallest absolute Gasteiger partial charge is 0.321 e. The quantitative estimate of drug-likeness (QED) is 0.774. The summed E-state index contributed by atoms with van der Waals surface area (Å²) in [5.74, 6) is 0.711.